The van der Waals surface area contributed by atoms with E-state index in [1.165, 1.54) is 18.4 Å². The summed E-state index contributed by atoms with van der Waals surface area (Å²) in [6, 6.07) is 8.40. The zero-order chi connectivity index (χ0) is 10.7. The largest absolute Gasteiger partial charge is 0.394 e. The summed E-state index contributed by atoms with van der Waals surface area (Å²) >= 11 is 3.47. The van der Waals surface area contributed by atoms with Gasteiger partial charge in [0.05, 0.1) is 12.6 Å². The van der Waals surface area contributed by atoms with E-state index in [1.54, 1.807) is 0 Å². The van der Waals surface area contributed by atoms with Crippen molar-refractivity contribution in [2.24, 2.45) is 0 Å². The molecule has 1 aliphatic rings. The maximum atomic E-state index is 9.47. The fourth-order valence-corrected chi connectivity index (χ4v) is 2.62. The highest BCUT2D eigenvalue weighted by Gasteiger charge is 2.22. The Bertz CT molecular complexity index is 323. The molecule has 0 aliphatic carbocycles. The van der Waals surface area contributed by atoms with Crippen LogP contribution in [0.3, 0.4) is 0 Å². The third-order valence-corrected chi connectivity index (χ3v) is 3.48. The van der Waals surface area contributed by atoms with Gasteiger partial charge < -0.3 is 5.11 Å². The van der Waals surface area contributed by atoms with E-state index in [2.05, 4.69) is 33.0 Å². The summed E-state index contributed by atoms with van der Waals surface area (Å²) in [5.41, 5.74) is 1.20. The normalized spacial score (nSPS) is 19.3. The number of nitrogens with zero attached hydrogens (tertiary/aromatic N) is 1. The Hall–Kier alpha value is -0.380. The van der Waals surface area contributed by atoms with E-state index in [-0.39, 0.29) is 12.6 Å². The maximum absolute atomic E-state index is 9.47. The molecular formula is C12H16BrNO. The average Bonchev–Trinajstić information content (AvgIpc) is 2.72. The predicted molar refractivity (Wildman–Crippen MR) is 64.8 cm³/mol. The van der Waals surface area contributed by atoms with Crippen LogP contribution in [0.5, 0.6) is 0 Å². The van der Waals surface area contributed by atoms with Crippen LogP contribution in [0.25, 0.3) is 0 Å². The second-order valence-corrected chi connectivity index (χ2v) is 4.91. The SMILES string of the molecule is OCC(c1cccc(Br)c1)N1CCCC1. The first-order valence-corrected chi connectivity index (χ1v) is 6.21. The van der Waals surface area contributed by atoms with Gasteiger partial charge in [-0.2, -0.15) is 0 Å². The summed E-state index contributed by atoms with van der Waals surface area (Å²) in [6.07, 6.45) is 2.51. The molecule has 0 amide bonds. The van der Waals surface area contributed by atoms with Crippen molar-refractivity contribution >= 4 is 15.9 Å². The molecule has 1 aliphatic heterocycles. The van der Waals surface area contributed by atoms with Gasteiger partial charge in [-0.1, -0.05) is 28.1 Å². The molecule has 1 saturated heterocycles. The molecule has 1 N–H and O–H groups in total. The van der Waals surface area contributed by atoms with Crippen LogP contribution in [0.4, 0.5) is 0 Å². The number of aliphatic hydroxyl groups is 1. The van der Waals surface area contributed by atoms with Gasteiger partial charge in [0, 0.05) is 4.47 Å². The lowest BCUT2D eigenvalue weighted by atomic mass is 10.1. The Morgan fingerprint density at radius 2 is 2.07 bits per heavy atom. The number of aliphatic hydroxyl groups excluding tert-OH is 1. The van der Waals surface area contributed by atoms with E-state index in [4.69, 9.17) is 0 Å². The topological polar surface area (TPSA) is 23.5 Å². The minimum atomic E-state index is 0.171. The molecule has 1 unspecified atom stereocenters. The first-order valence-electron chi connectivity index (χ1n) is 5.41. The molecule has 0 radical (unpaired) electrons. The summed E-state index contributed by atoms with van der Waals surface area (Å²) in [5, 5.41) is 9.47. The summed E-state index contributed by atoms with van der Waals surface area (Å²) < 4.78 is 1.08. The number of halogens is 1. The van der Waals surface area contributed by atoms with Crippen LogP contribution in [0, 0.1) is 0 Å². The van der Waals surface area contributed by atoms with Crippen molar-refractivity contribution in [3.63, 3.8) is 0 Å². The van der Waals surface area contributed by atoms with Gasteiger partial charge in [-0.05, 0) is 43.6 Å². The van der Waals surface area contributed by atoms with Gasteiger partial charge in [-0.25, -0.2) is 0 Å². The number of benzene rings is 1. The Morgan fingerprint density at radius 1 is 1.33 bits per heavy atom. The minimum absolute atomic E-state index is 0.171. The monoisotopic (exact) mass is 269 g/mol. The van der Waals surface area contributed by atoms with Crippen LogP contribution in [0.2, 0.25) is 0 Å². The molecular weight excluding hydrogens is 254 g/mol. The molecule has 15 heavy (non-hydrogen) atoms. The standard InChI is InChI=1S/C12H16BrNO/c13-11-5-3-4-10(8-11)12(9-15)14-6-1-2-7-14/h3-5,8,12,15H,1-2,6-7,9H2. The summed E-state index contributed by atoms with van der Waals surface area (Å²) in [5.74, 6) is 0. The summed E-state index contributed by atoms with van der Waals surface area (Å²) in [6.45, 7) is 2.42. The fraction of sp³-hybridized carbons (Fsp3) is 0.500. The Morgan fingerprint density at radius 3 is 2.67 bits per heavy atom. The molecule has 2 nitrogen and oxygen atoms in total. The van der Waals surface area contributed by atoms with Gasteiger partial charge in [-0.3, -0.25) is 4.90 Å². The van der Waals surface area contributed by atoms with Crippen molar-refractivity contribution in [1.82, 2.24) is 4.90 Å². The Kier molecular flexibility index (Phi) is 3.78. The fourth-order valence-electron chi connectivity index (χ4n) is 2.20. The Labute approximate surface area is 99.0 Å². The molecule has 1 atom stereocenters. The summed E-state index contributed by atoms with van der Waals surface area (Å²) in [7, 11) is 0. The van der Waals surface area contributed by atoms with Crippen molar-refractivity contribution in [2.75, 3.05) is 19.7 Å². The minimum Gasteiger partial charge on any atom is -0.394 e. The van der Waals surface area contributed by atoms with Crippen LogP contribution in [-0.2, 0) is 0 Å². The smallest absolute Gasteiger partial charge is 0.0628 e. The van der Waals surface area contributed by atoms with Crippen molar-refractivity contribution in [2.45, 2.75) is 18.9 Å². The molecule has 1 heterocycles. The molecule has 82 valence electrons. The molecule has 1 aromatic rings. The van der Waals surface area contributed by atoms with Crippen LogP contribution < -0.4 is 0 Å². The summed E-state index contributed by atoms with van der Waals surface area (Å²) in [4.78, 5) is 2.36. The van der Waals surface area contributed by atoms with Crippen molar-refractivity contribution in [3.05, 3.63) is 34.3 Å². The molecule has 0 bridgehead atoms. The molecule has 0 spiro atoms. The third-order valence-electron chi connectivity index (χ3n) is 2.99. The highest BCUT2D eigenvalue weighted by Crippen LogP contribution is 2.26. The van der Waals surface area contributed by atoms with Gasteiger partial charge in [0.2, 0.25) is 0 Å². The van der Waals surface area contributed by atoms with E-state index in [1.807, 2.05) is 12.1 Å². The van der Waals surface area contributed by atoms with Crippen LogP contribution in [0.15, 0.2) is 28.7 Å². The van der Waals surface area contributed by atoms with Gasteiger partial charge >= 0.3 is 0 Å². The van der Waals surface area contributed by atoms with Crippen LogP contribution in [0.1, 0.15) is 24.4 Å². The van der Waals surface area contributed by atoms with Crippen LogP contribution in [-0.4, -0.2) is 29.7 Å². The quantitative estimate of drug-likeness (QED) is 0.912. The first kappa shape index (κ1) is 11.1. The predicted octanol–water partition coefficient (Wildman–Crippen LogP) is 2.58. The average molecular weight is 270 g/mol. The van der Waals surface area contributed by atoms with E-state index in [9.17, 15) is 5.11 Å². The third kappa shape index (κ3) is 2.60. The van der Waals surface area contributed by atoms with Crippen LogP contribution >= 0.6 is 15.9 Å². The lowest BCUT2D eigenvalue weighted by Crippen LogP contribution is -2.28. The van der Waals surface area contributed by atoms with Gasteiger partial charge in [0.15, 0.2) is 0 Å². The molecule has 0 saturated carbocycles. The lowest BCUT2D eigenvalue weighted by Gasteiger charge is -2.26. The van der Waals surface area contributed by atoms with E-state index < -0.39 is 0 Å². The Balaban J connectivity index is 2.18. The zero-order valence-electron chi connectivity index (χ0n) is 8.69. The maximum Gasteiger partial charge on any atom is 0.0628 e. The van der Waals surface area contributed by atoms with E-state index in [0.717, 1.165) is 17.6 Å². The number of rotatable bonds is 3. The highest BCUT2D eigenvalue weighted by atomic mass is 79.9. The van der Waals surface area contributed by atoms with Gasteiger partial charge in [0.25, 0.3) is 0 Å². The number of likely N-dealkylation sites (tertiary alicyclic amines) is 1. The van der Waals surface area contributed by atoms with Gasteiger partial charge in [-0.15, -0.1) is 0 Å². The molecule has 2 rings (SSSR count). The van der Waals surface area contributed by atoms with Crippen molar-refractivity contribution in [1.29, 1.82) is 0 Å². The van der Waals surface area contributed by atoms with E-state index in [0.29, 0.717) is 0 Å². The highest BCUT2D eigenvalue weighted by molar-refractivity contribution is 9.10. The van der Waals surface area contributed by atoms with Gasteiger partial charge in [0.1, 0.15) is 0 Å². The van der Waals surface area contributed by atoms with Crippen molar-refractivity contribution < 1.29 is 5.11 Å². The zero-order valence-corrected chi connectivity index (χ0v) is 10.3. The molecule has 0 aromatic heterocycles. The van der Waals surface area contributed by atoms with Crippen molar-refractivity contribution in [3.8, 4) is 0 Å². The molecule has 3 heteroatoms. The number of hydrogen-bond acceptors (Lipinski definition) is 2. The molecule has 1 aromatic carbocycles. The molecule has 1 fully saturated rings. The van der Waals surface area contributed by atoms with E-state index >= 15 is 0 Å². The number of hydrogen-bond donors (Lipinski definition) is 1. The second kappa shape index (κ2) is 5.10. The lowest BCUT2D eigenvalue weighted by molar-refractivity contribution is 0.147. The first-order chi connectivity index (χ1) is 7.31. The second-order valence-electron chi connectivity index (χ2n) is 4.00.